The Kier molecular flexibility index (Phi) is 5.05. The maximum Gasteiger partial charge on any atom is 0.180 e. The van der Waals surface area contributed by atoms with Crippen LogP contribution < -0.4 is 5.32 Å². The van der Waals surface area contributed by atoms with E-state index in [0.29, 0.717) is 5.82 Å². The molecular formula is C21H21N7. The standard InChI is InChI=1S/C21H21N7/c1-14-17(15(2)28-27-14)8-11-24-20-12-19(16-6-5-9-22-13-16)25-21(26-20)18-7-3-4-10-23-18/h3-7,9-10,12-13H,8,11H2,1-2H3,(H,27,28)(H,24,25,26). The number of hydrogen-bond donors (Lipinski definition) is 2. The Morgan fingerprint density at radius 1 is 1.00 bits per heavy atom. The summed E-state index contributed by atoms with van der Waals surface area (Å²) in [6.45, 7) is 4.80. The number of nitrogens with one attached hydrogen (secondary N) is 2. The van der Waals surface area contributed by atoms with Crippen molar-refractivity contribution in [1.29, 1.82) is 0 Å². The van der Waals surface area contributed by atoms with Crippen molar-refractivity contribution in [3.63, 3.8) is 0 Å². The Balaban J connectivity index is 1.62. The second kappa shape index (κ2) is 7.96. The summed E-state index contributed by atoms with van der Waals surface area (Å²) in [6, 6.07) is 11.5. The Morgan fingerprint density at radius 3 is 2.64 bits per heavy atom. The SMILES string of the molecule is Cc1n[nH]c(C)c1CCNc1cc(-c2cccnc2)nc(-c2ccccn2)n1. The van der Waals surface area contributed by atoms with Gasteiger partial charge in [-0.05, 0) is 50.1 Å². The van der Waals surface area contributed by atoms with Crippen molar-refractivity contribution in [2.75, 3.05) is 11.9 Å². The van der Waals surface area contributed by atoms with Gasteiger partial charge in [-0.2, -0.15) is 5.10 Å². The van der Waals surface area contributed by atoms with Crippen LogP contribution in [0.2, 0.25) is 0 Å². The molecule has 0 bridgehead atoms. The predicted molar refractivity (Wildman–Crippen MR) is 109 cm³/mol. The largest absolute Gasteiger partial charge is 0.370 e. The van der Waals surface area contributed by atoms with Crippen LogP contribution >= 0.6 is 0 Å². The maximum absolute atomic E-state index is 4.69. The van der Waals surface area contributed by atoms with E-state index in [1.54, 1.807) is 18.6 Å². The molecule has 2 N–H and O–H groups in total. The van der Waals surface area contributed by atoms with Gasteiger partial charge < -0.3 is 5.32 Å². The summed E-state index contributed by atoms with van der Waals surface area (Å²) in [5.41, 5.74) is 5.85. The molecule has 0 radical (unpaired) electrons. The zero-order chi connectivity index (χ0) is 19.3. The van der Waals surface area contributed by atoms with Crippen LogP contribution in [0.15, 0.2) is 55.0 Å². The summed E-state index contributed by atoms with van der Waals surface area (Å²) in [4.78, 5) is 17.9. The molecule has 4 aromatic rings. The van der Waals surface area contributed by atoms with Crippen LogP contribution in [0.5, 0.6) is 0 Å². The van der Waals surface area contributed by atoms with Crippen molar-refractivity contribution < 1.29 is 0 Å². The number of aryl methyl sites for hydroxylation is 2. The quantitative estimate of drug-likeness (QED) is 0.538. The summed E-state index contributed by atoms with van der Waals surface area (Å²) < 4.78 is 0. The van der Waals surface area contributed by atoms with Gasteiger partial charge in [0, 0.05) is 42.5 Å². The number of anilines is 1. The first-order valence-electron chi connectivity index (χ1n) is 9.16. The molecule has 0 saturated heterocycles. The van der Waals surface area contributed by atoms with Crippen LogP contribution in [0.25, 0.3) is 22.8 Å². The van der Waals surface area contributed by atoms with E-state index in [4.69, 9.17) is 4.98 Å². The molecule has 0 amide bonds. The first kappa shape index (κ1) is 17.8. The first-order chi connectivity index (χ1) is 13.7. The third-order valence-corrected chi connectivity index (χ3v) is 4.54. The van der Waals surface area contributed by atoms with Crippen molar-refractivity contribution in [3.05, 3.63) is 71.9 Å². The van der Waals surface area contributed by atoms with E-state index in [-0.39, 0.29) is 0 Å². The number of H-pyrrole nitrogens is 1. The second-order valence-corrected chi connectivity index (χ2v) is 6.51. The van der Waals surface area contributed by atoms with Gasteiger partial charge in [-0.15, -0.1) is 0 Å². The van der Waals surface area contributed by atoms with Gasteiger partial charge in [0.2, 0.25) is 0 Å². The molecular weight excluding hydrogens is 350 g/mol. The molecule has 0 fully saturated rings. The van der Waals surface area contributed by atoms with Crippen LogP contribution in [0.3, 0.4) is 0 Å². The van der Waals surface area contributed by atoms with E-state index in [0.717, 1.165) is 47.1 Å². The van der Waals surface area contributed by atoms with E-state index in [1.165, 1.54) is 5.56 Å². The monoisotopic (exact) mass is 371 g/mol. The summed E-state index contributed by atoms with van der Waals surface area (Å²) in [5, 5.41) is 10.7. The average Bonchev–Trinajstić information content (AvgIpc) is 3.07. The van der Waals surface area contributed by atoms with Crippen LogP contribution in [0, 0.1) is 13.8 Å². The molecule has 4 rings (SSSR count). The fourth-order valence-corrected chi connectivity index (χ4v) is 3.07. The summed E-state index contributed by atoms with van der Waals surface area (Å²) in [7, 11) is 0. The molecule has 7 heteroatoms. The Labute approximate surface area is 163 Å². The average molecular weight is 371 g/mol. The predicted octanol–water partition coefficient (Wildman–Crippen LogP) is 3.60. The van der Waals surface area contributed by atoms with E-state index in [1.807, 2.05) is 50.2 Å². The Hall–Kier alpha value is -3.61. The highest BCUT2D eigenvalue weighted by molar-refractivity contribution is 5.65. The van der Waals surface area contributed by atoms with Gasteiger partial charge in [-0.25, -0.2) is 9.97 Å². The molecule has 4 heterocycles. The second-order valence-electron chi connectivity index (χ2n) is 6.51. The first-order valence-corrected chi connectivity index (χ1v) is 9.16. The summed E-state index contributed by atoms with van der Waals surface area (Å²) >= 11 is 0. The van der Waals surface area contributed by atoms with Crippen molar-refractivity contribution in [2.24, 2.45) is 0 Å². The zero-order valence-electron chi connectivity index (χ0n) is 15.8. The number of pyridine rings is 2. The summed E-state index contributed by atoms with van der Waals surface area (Å²) in [5.74, 6) is 1.34. The minimum absolute atomic E-state index is 0.583. The smallest absolute Gasteiger partial charge is 0.180 e. The molecule has 0 spiro atoms. The van der Waals surface area contributed by atoms with Crippen LogP contribution in [-0.4, -0.2) is 36.7 Å². The highest BCUT2D eigenvalue weighted by Gasteiger charge is 2.11. The van der Waals surface area contributed by atoms with E-state index < -0.39 is 0 Å². The number of aromatic amines is 1. The van der Waals surface area contributed by atoms with E-state index >= 15 is 0 Å². The minimum atomic E-state index is 0.583. The normalized spacial score (nSPS) is 10.8. The van der Waals surface area contributed by atoms with Crippen LogP contribution in [0.4, 0.5) is 5.82 Å². The van der Waals surface area contributed by atoms with Crippen LogP contribution in [0.1, 0.15) is 17.0 Å². The maximum atomic E-state index is 4.69. The van der Waals surface area contributed by atoms with Crippen molar-refractivity contribution in [2.45, 2.75) is 20.3 Å². The number of nitrogens with zero attached hydrogens (tertiary/aromatic N) is 5. The van der Waals surface area contributed by atoms with Gasteiger partial charge in [0.1, 0.15) is 11.5 Å². The molecule has 0 aliphatic carbocycles. The van der Waals surface area contributed by atoms with Crippen LogP contribution in [-0.2, 0) is 6.42 Å². The zero-order valence-corrected chi connectivity index (χ0v) is 15.8. The van der Waals surface area contributed by atoms with Gasteiger partial charge in [0.25, 0.3) is 0 Å². The fourth-order valence-electron chi connectivity index (χ4n) is 3.07. The highest BCUT2D eigenvalue weighted by Crippen LogP contribution is 2.23. The molecule has 4 aromatic heterocycles. The Bertz CT molecular complexity index is 982. The van der Waals surface area contributed by atoms with Crippen molar-refractivity contribution >= 4 is 5.82 Å². The summed E-state index contributed by atoms with van der Waals surface area (Å²) in [6.07, 6.45) is 6.15. The van der Waals surface area contributed by atoms with Gasteiger partial charge in [0.05, 0.1) is 11.4 Å². The topological polar surface area (TPSA) is 92.3 Å². The van der Waals surface area contributed by atoms with Gasteiger partial charge in [-0.1, -0.05) is 6.07 Å². The molecule has 7 nitrogen and oxygen atoms in total. The van der Waals surface area contributed by atoms with E-state index in [9.17, 15) is 0 Å². The number of aromatic nitrogens is 6. The molecule has 0 atom stereocenters. The highest BCUT2D eigenvalue weighted by atomic mass is 15.1. The van der Waals surface area contributed by atoms with Gasteiger partial charge in [0.15, 0.2) is 5.82 Å². The molecule has 0 aliphatic rings. The Morgan fingerprint density at radius 2 is 1.93 bits per heavy atom. The molecule has 140 valence electrons. The molecule has 0 saturated carbocycles. The molecule has 0 aromatic carbocycles. The third kappa shape index (κ3) is 3.88. The third-order valence-electron chi connectivity index (χ3n) is 4.54. The van der Waals surface area contributed by atoms with Crippen molar-refractivity contribution in [3.8, 4) is 22.8 Å². The molecule has 0 aliphatic heterocycles. The lowest BCUT2D eigenvalue weighted by atomic mass is 10.1. The lowest BCUT2D eigenvalue weighted by Gasteiger charge is -2.10. The number of rotatable bonds is 6. The minimum Gasteiger partial charge on any atom is -0.370 e. The lowest BCUT2D eigenvalue weighted by molar-refractivity contribution is 0.978. The molecule has 0 unspecified atom stereocenters. The lowest BCUT2D eigenvalue weighted by Crippen LogP contribution is -2.09. The number of hydrogen-bond acceptors (Lipinski definition) is 6. The van der Waals surface area contributed by atoms with Gasteiger partial charge in [-0.3, -0.25) is 15.1 Å². The van der Waals surface area contributed by atoms with E-state index in [2.05, 4.69) is 30.5 Å². The van der Waals surface area contributed by atoms with Crippen molar-refractivity contribution in [1.82, 2.24) is 30.1 Å². The fraction of sp³-hybridized carbons (Fsp3) is 0.190. The van der Waals surface area contributed by atoms with Gasteiger partial charge >= 0.3 is 0 Å². The molecule has 28 heavy (non-hydrogen) atoms.